The molecule has 0 aromatic heterocycles. The highest BCUT2D eigenvalue weighted by molar-refractivity contribution is 5.74. The fraction of sp³-hybridized carbons (Fsp3) is 0.364. The van der Waals surface area contributed by atoms with Gasteiger partial charge in [0.25, 0.3) is 0 Å². The Bertz CT molecular complexity index is 417. The topological polar surface area (TPSA) is 72.5 Å². The average Bonchev–Trinajstić information content (AvgIpc) is 2.29. The van der Waals surface area contributed by atoms with Gasteiger partial charge in [0.15, 0.2) is 0 Å². The molecule has 100 valence electrons. The third-order valence-corrected chi connectivity index (χ3v) is 2.43. The zero-order valence-corrected chi connectivity index (χ0v) is 9.44. The van der Waals surface area contributed by atoms with Gasteiger partial charge in [-0.1, -0.05) is 12.1 Å². The van der Waals surface area contributed by atoms with Crippen molar-refractivity contribution in [1.29, 1.82) is 0 Å². The van der Waals surface area contributed by atoms with E-state index in [2.05, 4.69) is 0 Å². The molecule has 0 aliphatic rings. The van der Waals surface area contributed by atoms with Gasteiger partial charge in [-0.25, -0.2) is 0 Å². The van der Waals surface area contributed by atoms with Crippen molar-refractivity contribution in [2.75, 3.05) is 7.11 Å². The van der Waals surface area contributed by atoms with Crippen LogP contribution in [-0.4, -0.2) is 24.2 Å². The molecule has 4 nitrogen and oxygen atoms in total. The highest BCUT2D eigenvalue weighted by atomic mass is 19.4. The molecule has 0 radical (unpaired) electrons. The van der Waals surface area contributed by atoms with E-state index in [9.17, 15) is 18.0 Å². The molecule has 0 saturated carbocycles. The maximum Gasteiger partial charge on any atom is 0.416 e. The van der Waals surface area contributed by atoms with E-state index < -0.39 is 29.9 Å². The van der Waals surface area contributed by atoms with Gasteiger partial charge in [0.2, 0.25) is 0 Å². The van der Waals surface area contributed by atoms with Gasteiger partial charge in [-0.2, -0.15) is 13.2 Å². The lowest BCUT2D eigenvalue weighted by Gasteiger charge is -2.20. The zero-order chi connectivity index (χ0) is 13.9. The highest BCUT2D eigenvalue weighted by Crippen LogP contribution is 2.30. The molecule has 0 aliphatic carbocycles. The van der Waals surface area contributed by atoms with Gasteiger partial charge in [0.05, 0.1) is 5.56 Å². The molecular weight excluding hydrogens is 251 g/mol. The number of carbonyl (C=O) groups is 1. The largest absolute Gasteiger partial charge is 0.480 e. The van der Waals surface area contributed by atoms with Crippen molar-refractivity contribution < 1.29 is 27.8 Å². The first-order chi connectivity index (χ1) is 8.27. The maximum atomic E-state index is 12.3. The number of hydrogen-bond acceptors (Lipinski definition) is 3. The van der Waals surface area contributed by atoms with E-state index in [0.29, 0.717) is 0 Å². The summed E-state index contributed by atoms with van der Waals surface area (Å²) in [5, 5.41) is 8.74. The molecule has 0 bridgehead atoms. The smallest absolute Gasteiger partial charge is 0.416 e. The van der Waals surface area contributed by atoms with Gasteiger partial charge in [0, 0.05) is 7.11 Å². The van der Waals surface area contributed by atoms with Crippen LogP contribution in [0.25, 0.3) is 0 Å². The van der Waals surface area contributed by atoms with Crippen LogP contribution >= 0.6 is 0 Å². The molecule has 0 heterocycles. The van der Waals surface area contributed by atoms with Crippen molar-refractivity contribution in [3.05, 3.63) is 35.4 Å². The number of ether oxygens (including phenoxy) is 1. The van der Waals surface area contributed by atoms with E-state index >= 15 is 0 Å². The molecule has 0 spiro atoms. The van der Waals surface area contributed by atoms with E-state index in [4.69, 9.17) is 15.6 Å². The van der Waals surface area contributed by atoms with Gasteiger partial charge in [-0.15, -0.1) is 0 Å². The summed E-state index contributed by atoms with van der Waals surface area (Å²) in [4.78, 5) is 10.7. The van der Waals surface area contributed by atoms with Crippen LogP contribution in [0, 0.1) is 0 Å². The Morgan fingerprint density at radius 2 is 1.83 bits per heavy atom. The summed E-state index contributed by atoms with van der Waals surface area (Å²) in [7, 11) is 1.24. The Kier molecular flexibility index (Phi) is 4.31. The van der Waals surface area contributed by atoms with E-state index in [1.165, 1.54) is 7.11 Å². The maximum absolute atomic E-state index is 12.3. The SMILES string of the molecule is COC(c1ccc(C(F)(F)F)cc1)C(N)C(=O)O. The first-order valence-electron chi connectivity index (χ1n) is 4.95. The molecular formula is C11H12F3NO3. The van der Waals surface area contributed by atoms with E-state index in [0.717, 1.165) is 24.3 Å². The van der Waals surface area contributed by atoms with Crippen LogP contribution in [0.5, 0.6) is 0 Å². The molecule has 1 rings (SSSR count). The molecule has 1 aromatic carbocycles. The fourth-order valence-corrected chi connectivity index (χ4v) is 1.48. The first kappa shape index (κ1) is 14.5. The van der Waals surface area contributed by atoms with Crippen molar-refractivity contribution in [1.82, 2.24) is 0 Å². The van der Waals surface area contributed by atoms with Gasteiger partial charge < -0.3 is 15.6 Å². The minimum absolute atomic E-state index is 0.278. The minimum atomic E-state index is -4.43. The van der Waals surface area contributed by atoms with Crippen molar-refractivity contribution >= 4 is 5.97 Å². The summed E-state index contributed by atoms with van der Waals surface area (Å²) in [6, 6.07) is 2.68. The van der Waals surface area contributed by atoms with Gasteiger partial charge in [-0.05, 0) is 17.7 Å². The molecule has 1 aromatic rings. The van der Waals surface area contributed by atoms with Gasteiger partial charge in [-0.3, -0.25) is 4.79 Å². The number of rotatable bonds is 4. The summed E-state index contributed by atoms with van der Waals surface area (Å²) < 4.78 is 41.9. The van der Waals surface area contributed by atoms with Crippen LogP contribution in [0.2, 0.25) is 0 Å². The molecule has 0 fully saturated rings. The lowest BCUT2D eigenvalue weighted by molar-refractivity contribution is -0.142. The second-order valence-electron chi connectivity index (χ2n) is 3.64. The van der Waals surface area contributed by atoms with Gasteiger partial charge in [0.1, 0.15) is 12.1 Å². The molecule has 7 heteroatoms. The third kappa shape index (κ3) is 3.21. The summed E-state index contributed by atoms with van der Waals surface area (Å²) in [6.45, 7) is 0. The minimum Gasteiger partial charge on any atom is -0.480 e. The number of carboxylic acid groups (broad SMARTS) is 1. The number of nitrogens with two attached hydrogens (primary N) is 1. The standard InChI is InChI=1S/C11H12F3NO3/c1-18-9(8(15)10(16)17)6-2-4-7(5-3-6)11(12,13)14/h2-5,8-9H,15H2,1H3,(H,16,17). The summed E-state index contributed by atoms with van der Waals surface area (Å²) in [6.07, 6.45) is -5.43. The summed E-state index contributed by atoms with van der Waals surface area (Å²) >= 11 is 0. The number of aliphatic carboxylic acids is 1. The van der Waals surface area contributed by atoms with Crippen LogP contribution in [0.1, 0.15) is 17.2 Å². The molecule has 2 unspecified atom stereocenters. The molecule has 0 aliphatic heterocycles. The number of halogens is 3. The molecule has 2 atom stereocenters. The van der Waals surface area contributed by atoms with Crippen molar-refractivity contribution in [3.63, 3.8) is 0 Å². The van der Waals surface area contributed by atoms with E-state index in [-0.39, 0.29) is 5.56 Å². The number of carboxylic acids is 1. The predicted molar refractivity (Wildman–Crippen MR) is 56.8 cm³/mol. The van der Waals surface area contributed by atoms with E-state index in [1.54, 1.807) is 0 Å². The number of methoxy groups -OCH3 is 1. The Morgan fingerprint density at radius 1 is 1.33 bits per heavy atom. The van der Waals surface area contributed by atoms with Crippen molar-refractivity contribution in [2.45, 2.75) is 18.3 Å². The second-order valence-corrected chi connectivity index (χ2v) is 3.64. The van der Waals surface area contributed by atoms with Crippen LogP contribution in [-0.2, 0) is 15.7 Å². The zero-order valence-electron chi connectivity index (χ0n) is 9.44. The quantitative estimate of drug-likeness (QED) is 0.868. The lowest BCUT2D eigenvalue weighted by atomic mass is 10.0. The Labute approximate surface area is 101 Å². The first-order valence-corrected chi connectivity index (χ1v) is 4.95. The predicted octanol–water partition coefficient (Wildman–Crippen LogP) is 1.80. The van der Waals surface area contributed by atoms with Crippen LogP contribution in [0.15, 0.2) is 24.3 Å². The number of hydrogen-bond donors (Lipinski definition) is 2. The molecule has 0 amide bonds. The van der Waals surface area contributed by atoms with Crippen molar-refractivity contribution in [2.24, 2.45) is 5.73 Å². The van der Waals surface area contributed by atoms with Crippen molar-refractivity contribution in [3.8, 4) is 0 Å². The highest BCUT2D eigenvalue weighted by Gasteiger charge is 2.31. The summed E-state index contributed by atoms with van der Waals surface area (Å²) in [5.41, 5.74) is 4.84. The van der Waals surface area contributed by atoms with Crippen LogP contribution in [0.3, 0.4) is 0 Å². The van der Waals surface area contributed by atoms with Gasteiger partial charge >= 0.3 is 12.1 Å². The normalized spacial score (nSPS) is 15.2. The molecule has 3 N–H and O–H groups in total. The monoisotopic (exact) mass is 263 g/mol. The fourth-order valence-electron chi connectivity index (χ4n) is 1.48. The number of alkyl halides is 3. The molecule has 18 heavy (non-hydrogen) atoms. The Hall–Kier alpha value is -1.60. The van der Waals surface area contributed by atoms with Crippen LogP contribution in [0.4, 0.5) is 13.2 Å². The number of benzene rings is 1. The van der Waals surface area contributed by atoms with E-state index in [1.807, 2.05) is 0 Å². The summed E-state index contributed by atoms with van der Waals surface area (Å²) in [5.74, 6) is -1.29. The molecule has 0 saturated heterocycles. The van der Waals surface area contributed by atoms with Crippen LogP contribution < -0.4 is 5.73 Å². The lowest BCUT2D eigenvalue weighted by Crippen LogP contribution is -2.37. The average molecular weight is 263 g/mol. The second kappa shape index (κ2) is 5.36. The third-order valence-electron chi connectivity index (χ3n) is 2.43. The Balaban J connectivity index is 2.99. The Morgan fingerprint density at radius 3 is 2.17 bits per heavy atom.